The Labute approximate surface area is 98.6 Å². The third-order valence-electron chi connectivity index (χ3n) is 1.97. The van der Waals surface area contributed by atoms with Gasteiger partial charge in [-0.1, -0.05) is 6.07 Å². The number of carboxylic acids is 1. The predicted molar refractivity (Wildman–Crippen MR) is 59.5 cm³/mol. The van der Waals surface area contributed by atoms with E-state index in [1.54, 1.807) is 6.07 Å². The van der Waals surface area contributed by atoms with E-state index in [1.807, 2.05) is 6.92 Å². The van der Waals surface area contributed by atoms with Crippen molar-refractivity contribution in [2.45, 2.75) is 13.5 Å². The van der Waals surface area contributed by atoms with E-state index in [-0.39, 0.29) is 18.2 Å². The minimum atomic E-state index is -1.07. The van der Waals surface area contributed by atoms with E-state index < -0.39 is 5.97 Å². The molecule has 0 atom stereocenters. The van der Waals surface area contributed by atoms with E-state index in [9.17, 15) is 9.59 Å². The van der Waals surface area contributed by atoms with Gasteiger partial charge in [0.05, 0.1) is 0 Å². The Bertz CT molecular complexity index is 389. The van der Waals surface area contributed by atoms with E-state index in [1.165, 1.54) is 12.3 Å². The van der Waals surface area contributed by atoms with Crippen LogP contribution in [0, 0.1) is 0 Å². The van der Waals surface area contributed by atoms with Crippen LogP contribution in [-0.2, 0) is 16.1 Å². The zero-order valence-electron chi connectivity index (χ0n) is 9.47. The summed E-state index contributed by atoms with van der Waals surface area (Å²) in [6, 6.07) is 3.00. The van der Waals surface area contributed by atoms with Gasteiger partial charge in [0.25, 0.3) is 0 Å². The van der Waals surface area contributed by atoms with Crippen LogP contribution >= 0.6 is 0 Å². The molecule has 6 nitrogen and oxygen atoms in total. The van der Waals surface area contributed by atoms with Crippen molar-refractivity contribution in [2.75, 3.05) is 13.2 Å². The van der Waals surface area contributed by atoms with Crippen molar-refractivity contribution >= 4 is 11.9 Å². The van der Waals surface area contributed by atoms with Crippen molar-refractivity contribution in [3.63, 3.8) is 0 Å². The number of aromatic carboxylic acids is 1. The molecule has 0 aliphatic rings. The van der Waals surface area contributed by atoms with Gasteiger partial charge in [-0.05, 0) is 18.6 Å². The topological polar surface area (TPSA) is 88.5 Å². The molecule has 6 heteroatoms. The molecule has 0 saturated heterocycles. The third-order valence-corrected chi connectivity index (χ3v) is 1.97. The van der Waals surface area contributed by atoms with E-state index in [0.29, 0.717) is 13.2 Å². The van der Waals surface area contributed by atoms with Crippen molar-refractivity contribution in [3.05, 3.63) is 29.6 Å². The number of nitrogens with zero attached hydrogens (tertiary/aromatic N) is 1. The summed E-state index contributed by atoms with van der Waals surface area (Å²) < 4.78 is 4.93. The molecule has 0 fully saturated rings. The summed E-state index contributed by atoms with van der Waals surface area (Å²) in [5.74, 6) is -1.29. The van der Waals surface area contributed by atoms with E-state index >= 15 is 0 Å². The molecular weight excluding hydrogens is 224 g/mol. The Morgan fingerprint density at radius 3 is 2.76 bits per heavy atom. The van der Waals surface area contributed by atoms with Crippen molar-refractivity contribution in [3.8, 4) is 0 Å². The molecule has 0 aromatic carbocycles. The van der Waals surface area contributed by atoms with Crippen LogP contribution in [0.1, 0.15) is 23.0 Å². The first kappa shape index (κ1) is 13.1. The molecule has 0 aliphatic carbocycles. The zero-order valence-corrected chi connectivity index (χ0v) is 9.47. The van der Waals surface area contributed by atoms with Crippen LogP contribution in [0.15, 0.2) is 18.3 Å². The maximum Gasteiger partial charge on any atom is 0.354 e. The van der Waals surface area contributed by atoms with Gasteiger partial charge in [0.15, 0.2) is 0 Å². The van der Waals surface area contributed by atoms with Crippen molar-refractivity contribution in [2.24, 2.45) is 0 Å². The molecule has 0 bridgehead atoms. The molecule has 0 radical (unpaired) electrons. The number of hydrogen-bond donors (Lipinski definition) is 2. The first-order chi connectivity index (χ1) is 8.13. The Morgan fingerprint density at radius 2 is 2.24 bits per heavy atom. The largest absolute Gasteiger partial charge is 0.477 e. The number of carbonyl (C=O) groups is 2. The lowest BCUT2D eigenvalue weighted by Gasteiger charge is -2.05. The van der Waals surface area contributed by atoms with Gasteiger partial charge in [0.2, 0.25) is 5.91 Å². The Kier molecular flexibility index (Phi) is 5.09. The van der Waals surface area contributed by atoms with Gasteiger partial charge in [0.1, 0.15) is 12.3 Å². The van der Waals surface area contributed by atoms with Crippen LogP contribution < -0.4 is 5.32 Å². The molecule has 92 valence electrons. The summed E-state index contributed by atoms with van der Waals surface area (Å²) in [5.41, 5.74) is 0.717. The Balaban J connectivity index is 2.42. The third kappa shape index (κ3) is 4.60. The number of pyridine rings is 1. The van der Waals surface area contributed by atoms with Crippen molar-refractivity contribution in [1.29, 1.82) is 0 Å². The number of amides is 1. The maximum absolute atomic E-state index is 11.2. The molecule has 1 aromatic heterocycles. The average molecular weight is 238 g/mol. The van der Waals surface area contributed by atoms with Crippen LogP contribution in [0.5, 0.6) is 0 Å². The normalized spacial score (nSPS) is 9.94. The second-order valence-corrected chi connectivity index (χ2v) is 3.27. The molecule has 0 aliphatic heterocycles. The van der Waals surface area contributed by atoms with Gasteiger partial charge in [-0.3, -0.25) is 4.79 Å². The van der Waals surface area contributed by atoms with Gasteiger partial charge >= 0.3 is 5.97 Å². The van der Waals surface area contributed by atoms with Gasteiger partial charge < -0.3 is 15.2 Å². The minimum Gasteiger partial charge on any atom is -0.477 e. The van der Waals surface area contributed by atoms with Crippen molar-refractivity contribution < 1.29 is 19.4 Å². The van der Waals surface area contributed by atoms with Gasteiger partial charge in [-0.2, -0.15) is 0 Å². The molecule has 0 spiro atoms. The SMILES string of the molecule is CCOCC(=O)NCc1ccc(C(=O)O)nc1. The van der Waals surface area contributed by atoms with Crippen LogP contribution in [0.3, 0.4) is 0 Å². The highest BCUT2D eigenvalue weighted by atomic mass is 16.5. The van der Waals surface area contributed by atoms with E-state index in [0.717, 1.165) is 5.56 Å². The van der Waals surface area contributed by atoms with Crippen LogP contribution in [0.2, 0.25) is 0 Å². The van der Waals surface area contributed by atoms with Gasteiger partial charge in [-0.25, -0.2) is 9.78 Å². The quantitative estimate of drug-likeness (QED) is 0.750. The van der Waals surface area contributed by atoms with Gasteiger partial charge in [0, 0.05) is 19.3 Å². The second-order valence-electron chi connectivity index (χ2n) is 3.27. The molecule has 2 N–H and O–H groups in total. The summed E-state index contributed by atoms with van der Waals surface area (Å²) in [6.07, 6.45) is 1.42. The second kappa shape index (κ2) is 6.59. The van der Waals surface area contributed by atoms with Crippen LogP contribution in [-0.4, -0.2) is 35.2 Å². The number of aromatic nitrogens is 1. The summed E-state index contributed by atoms with van der Waals surface area (Å²) in [5, 5.41) is 11.3. The predicted octanol–water partition coefficient (Wildman–Crippen LogP) is 0.432. The molecule has 1 aromatic rings. The minimum absolute atomic E-state index is 0.0191. The van der Waals surface area contributed by atoms with E-state index in [4.69, 9.17) is 9.84 Å². The van der Waals surface area contributed by atoms with Crippen LogP contribution in [0.25, 0.3) is 0 Å². The number of carbonyl (C=O) groups excluding carboxylic acids is 1. The average Bonchev–Trinajstić information content (AvgIpc) is 2.34. The Morgan fingerprint density at radius 1 is 1.47 bits per heavy atom. The number of hydrogen-bond acceptors (Lipinski definition) is 4. The first-order valence-corrected chi connectivity index (χ1v) is 5.16. The molecule has 0 saturated carbocycles. The number of rotatable bonds is 6. The lowest BCUT2D eigenvalue weighted by molar-refractivity contribution is -0.125. The number of nitrogens with one attached hydrogen (secondary N) is 1. The smallest absolute Gasteiger partial charge is 0.354 e. The molecule has 1 rings (SSSR count). The highest BCUT2D eigenvalue weighted by Crippen LogP contribution is 1.99. The highest BCUT2D eigenvalue weighted by molar-refractivity contribution is 5.85. The summed E-state index contributed by atoms with van der Waals surface area (Å²) >= 11 is 0. The summed E-state index contributed by atoms with van der Waals surface area (Å²) in [7, 11) is 0. The number of ether oxygens (including phenoxy) is 1. The molecular formula is C11H14N2O4. The fraction of sp³-hybridized carbons (Fsp3) is 0.364. The summed E-state index contributed by atoms with van der Waals surface area (Å²) in [6.45, 7) is 2.63. The fourth-order valence-electron chi connectivity index (χ4n) is 1.10. The number of carboxylic acid groups (broad SMARTS) is 1. The van der Waals surface area contributed by atoms with Crippen molar-refractivity contribution in [1.82, 2.24) is 10.3 Å². The molecule has 0 unspecified atom stereocenters. The molecule has 17 heavy (non-hydrogen) atoms. The highest BCUT2D eigenvalue weighted by Gasteiger charge is 2.04. The molecule has 1 amide bonds. The maximum atomic E-state index is 11.2. The Hall–Kier alpha value is -1.95. The van der Waals surface area contributed by atoms with E-state index in [2.05, 4.69) is 10.3 Å². The van der Waals surface area contributed by atoms with Crippen LogP contribution in [0.4, 0.5) is 0 Å². The lowest BCUT2D eigenvalue weighted by atomic mass is 10.2. The standard InChI is InChI=1S/C11H14N2O4/c1-2-17-7-10(14)13-6-8-3-4-9(11(15)16)12-5-8/h3-5H,2,6-7H2,1H3,(H,13,14)(H,15,16). The lowest BCUT2D eigenvalue weighted by Crippen LogP contribution is -2.27. The fourth-order valence-corrected chi connectivity index (χ4v) is 1.10. The van der Waals surface area contributed by atoms with Gasteiger partial charge in [-0.15, -0.1) is 0 Å². The zero-order chi connectivity index (χ0) is 12.7. The molecule has 1 heterocycles. The monoisotopic (exact) mass is 238 g/mol. The summed E-state index contributed by atoms with van der Waals surface area (Å²) in [4.78, 5) is 25.5. The first-order valence-electron chi connectivity index (χ1n) is 5.16.